The Morgan fingerprint density at radius 2 is 1.93 bits per heavy atom. The molecule has 30 heavy (non-hydrogen) atoms. The zero-order valence-electron chi connectivity index (χ0n) is 16.2. The van der Waals surface area contributed by atoms with Crippen molar-refractivity contribution in [1.29, 1.82) is 0 Å². The number of nitrogens with one attached hydrogen (secondary N) is 1. The Morgan fingerprint density at radius 3 is 2.77 bits per heavy atom. The quantitative estimate of drug-likeness (QED) is 0.441. The molecule has 0 fully saturated rings. The molecule has 3 aromatic rings. The van der Waals surface area contributed by atoms with Crippen LogP contribution < -0.4 is 10.1 Å². The molecule has 154 valence electrons. The second-order valence-corrected chi connectivity index (χ2v) is 8.97. The fraction of sp³-hybridized carbons (Fsp3) is 0.227. The molecule has 1 aliphatic rings. The first-order chi connectivity index (χ1) is 14.5. The number of benzene rings is 1. The van der Waals surface area contributed by atoms with E-state index in [0.717, 1.165) is 26.6 Å². The highest BCUT2D eigenvalue weighted by atomic mass is 32.1. The van der Waals surface area contributed by atoms with Gasteiger partial charge in [-0.1, -0.05) is 12.1 Å². The predicted octanol–water partition coefficient (Wildman–Crippen LogP) is 4.09. The molecule has 3 heterocycles. The summed E-state index contributed by atoms with van der Waals surface area (Å²) >= 11 is 2.70. The van der Waals surface area contributed by atoms with E-state index in [1.165, 1.54) is 29.6 Å². The fourth-order valence-electron chi connectivity index (χ4n) is 3.10. The number of para-hydroxylation sites is 1. The third-order valence-corrected chi connectivity index (χ3v) is 6.92. The molecular formula is C22H19NO5S2. The van der Waals surface area contributed by atoms with Gasteiger partial charge in [-0.2, -0.15) is 0 Å². The van der Waals surface area contributed by atoms with Gasteiger partial charge in [-0.05, 0) is 36.8 Å². The van der Waals surface area contributed by atoms with Crippen LogP contribution in [0.15, 0.2) is 42.5 Å². The number of hydrogen-bond acceptors (Lipinski definition) is 7. The summed E-state index contributed by atoms with van der Waals surface area (Å²) < 4.78 is 11.0. The molecule has 4 rings (SSSR count). The molecule has 6 nitrogen and oxygen atoms in total. The molecule has 0 saturated carbocycles. The number of ether oxygens (including phenoxy) is 2. The van der Waals surface area contributed by atoms with Crippen LogP contribution in [0.4, 0.5) is 0 Å². The van der Waals surface area contributed by atoms with Crippen LogP contribution in [0.3, 0.4) is 0 Å². The van der Waals surface area contributed by atoms with Crippen LogP contribution in [0.2, 0.25) is 0 Å². The summed E-state index contributed by atoms with van der Waals surface area (Å²) in [6.07, 6.45) is 0.654. The molecule has 0 bridgehead atoms. The Bertz CT molecular complexity index is 1110. The van der Waals surface area contributed by atoms with E-state index < -0.39 is 5.97 Å². The maximum atomic E-state index is 12.5. The van der Waals surface area contributed by atoms with Crippen molar-refractivity contribution in [2.24, 2.45) is 0 Å². The van der Waals surface area contributed by atoms with Gasteiger partial charge in [0.15, 0.2) is 6.61 Å². The van der Waals surface area contributed by atoms with E-state index in [0.29, 0.717) is 29.3 Å². The molecule has 1 N–H and O–H groups in total. The summed E-state index contributed by atoms with van der Waals surface area (Å²) in [4.78, 5) is 38.8. The highest BCUT2D eigenvalue weighted by Crippen LogP contribution is 2.42. The molecule has 8 heteroatoms. The molecule has 0 unspecified atom stereocenters. The summed E-state index contributed by atoms with van der Waals surface area (Å²) in [6.45, 7) is 2.09. The standard InChI is InChI=1S/C22H19NO5S2/c1-13(24)23-9-8-15-6-7-19(29-15)17(25)12-28-22(26)20-10-14-11-27-18-5-3-2-4-16(18)21(14)30-20/h2-7,10H,8-9,11-12H2,1H3,(H,23,24). The molecule has 1 aliphatic heterocycles. The summed E-state index contributed by atoms with van der Waals surface area (Å²) in [6, 6.07) is 13.1. The smallest absolute Gasteiger partial charge is 0.348 e. The maximum Gasteiger partial charge on any atom is 0.348 e. The van der Waals surface area contributed by atoms with E-state index in [1.54, 1.807) is 12.1 Å². The van der Waals surface area contributed by atoms with Gasteiger partial charge < -0.3 is 14.8 Å². The number of ketones is 1. The van der Waals surface area contributed by atoms with Crippen LogP contribution in [-0.2, 0) is 22.6 Å². The van der Waals surface area contributed by atoms with Crippen LogP contribution in [0.5, 0.6) is 5.75 Å². The van der Waals surface area contributed by atoms with Crippen LogP contribution in [0.1, 0.15) is 36.7 Å². The van der Waals surface area contributed by atoms with Crippen molar-refractivity contribution in [3.8, 4) is 16.2 Å². The van der Waals surface area contributed by atoms with Crippen molar-refractivity contribution in [3.05, 3.63) is 62.7 Å². The Hall–Kier alpha value is -2.97. The number of carbonyl (C=O) groups excluding carboxylic acids is 3. The van der Waals surface area contributed by atoms with Crippen LogP contribution >= 0.6 is 22.7 Å². The molecule has 1 aromatic carbocycles. The van der Waals surface area contributed by atoms with Gasteiger partial charge in [0.05, 0.1) is 4.88 Å². The SMILES string of the molecule is CC(=O)NCCc1ccc(C(=O)COC(=O)c2cc3c(s2)-c2ccccc2OC3)s1. The first kappa shape index (κ1) is 20.3. The van der Waals surface area contributed by atoms with Gasteiger partial charge in [-0.25, -0.2) is 4.79 Å². The van der Waals surface area contributed by atoms with Crippen LogP contribution in [0, 0.1) is 0 Å². The van der Waals surface area contributed by atoms with Gasteiger partial charge >= 0.3 is 5.97 Å². The first-order valence-electron chi connectivity index (χ1n) is 9.39. The Balaban J connectivity index is 1.36. The van der Waals surface area contributed by atoms with Crippen molar-refractivity contribution in [2.45, 2.75) is 20.0 Å². The lowest BCUT2D eigenvalue weighted by Crippen LogP contribution is -2.22. The number of Topliss-reactive ketones (excluding diaryl/α,β-unsaturated/α-hetero) is 1. The number of thiophene rings is 2. The van der Waals surface area contributed by atoms with E-state index in [-0.39, 0.29) is 18.3 Å². The molecular weight excluding hydrogens is 422 g/mol. The van der Waals surface area contributed by atoms with E-state index in [9.17, 15) is 14.4 Å². The minimum absolute atomic E-state index is 0.0833. The van der Waals surface area contributed by atoms with E-state index in [4.69, 9.17) is 9.47 Å². The number of rotatable bonds is 7. The van der Waals surface area contributed by atoms with Gasteiger partial charge in [0.1, 0.15) is 17.2 Å². The minimum atomic E-state index is -0.511. The highest BCUT2D eigenvalue weighted by Gasteiger charge is 2.23. The van der Waals surface area contributed by atoms with E-state index in [1.807, 2.05) is 30.3 Å². The molecule has 0 aliphatic carbocycles. The lowest BCUT2D eigenvalue weighted by atomic mass is 10.1. The molecule has 0 atom stereocenters. The van der Waals surface area contributed by atoms with Gasteiger partial charge in [-0.15, -0.1) is 22.7 Å². The summed E-state index contributed by atoms with van der Waals surface area (Å²) in [5.74, 6) is -0.0363. The second-order valence-electron chi connectivity index (χ2n) is 6.75. The summed E-state index contributed by atoms with van der Waals surface area (Å²) in [5.41, 5.74) is 1.91. The minimum Gasteiger partial charge on any atom is -0.488 e. The number of esters is 1. The van der Waals surface area contributed by atoms with E-state index >= 15 is 0 Å². The van der Waals surface area contributed by atoms with Crippen molar-refractivity contribution < 1.29 is 23.9 Å². The zero-order chi connectivity index (χ0) is 21.1. The normalized spacial score (nSPS) is 11.8. The third-order valence-electron chi connectivity index (χ3n) is 4.54. The maximum absolute atomic E-state index is 12.5. The number of amides is 1. The molecule has 0 spiro atoms. The van der Waals surface area contributed by atoms with Crippen molar-refractivity contribution >= 4 is 40.3 Å². The second kappa shape index (κ2) is 8.81. The average Bonchev–Trinajstić information content (AvgIpc) is 3.39. The Morgan fingerprint density at radius 1 is 1.10 bits per heavy atom. The largest absolute Gasteiger partial charge is 0.488 e. The van der Waals surface area contributed by atoms with Crippen molar-refractivity contribution in [2.75, 3.05) is 13.2 Å². The number of fused-ring (bicyclic) bond motifs is 3. The number of hydrogen-bond donors (Lipinski definition) is 1. The lowest BCUT2D eigenvalue weighted by molar-refractivity contribution is -0.118. The van der Waals surface area contributed by atoms with Crippen LogP contribution in [0.25, 0.3) is 10.4 Å². The third kappa shape index (κ3) is 4.44. The van der Waals surface area contributed by atoms with Gasteiger partial charge in [0.2, 0.25) is 11.7 Å². The van der Waals surface area contributed by atoms with Crippen molar-refractivity contribution in [3.63, 3.8) is 0 Å². The number of carbonyl (C=O) groups is 3. The first-order valence-corrected chi connectivity index (χ1v) is 11.0. The van der Waals surface area contributed by atoms with Crippen molar-refractivity contribution in [1.82, 2.24) is 5.32 Å². The topological polar surface area (TPSA) is 81.7 Å². The fourth-order valence-corrected chi connectivity index (χ4v) is 5.12. The molecule has 2 aromatic heterocycles. The predicted molar refractivity (Wildman–Crippen MR) is 115 cm³/mol. The molecule has 0 radical (unpaired) electrons. The zero-order valence-corrected chi connectivity index (χ0v) is 17.9. The average molecular weight is 442 g/mol. The van der Waals surface area contributed by atoms with Gasteiger partial charge in [0, 0.05) is 34.3 Å². The summed E-state index contributed by atoms with van der Waals surface area (Å²) in [7, 11) is 0. The Labute approximate surface area is 181 Å². The lowest BCUT2D eigenvalue weighted by Gasteiger charge is -2.16. The molecule has 1 amide bonds. The highest BCUT2D eigenvalue weighted by molar-refractivity contribution is 7.17. The van der Waals surface area contributed by atoms with Gasteiger partial charge in [0.25, 0.3) is 0 Å². The van der Waals surface area contributed by atoms with Gasteiger partial charge in [-0.3, -0.25) is 9.59 Å². The Kier molecular flexibility index (Phi) is 5.96. The molecule has 0 saturated heterocycles. The van der Waals surface area contributed by atoms with Crippen LogP contribution in [-0.4, -0.2) is 30.8 Å². The van der Waals surface area contributed by atoms with E-state index in [2.05, 4.69) is 5.32 Å². The monoisotopic (exact) mass is 441 g/mol. The summed E-state index contributed by atoms with van der Waals surface area (Å²) in [5, 5.41) is 2.72.